The third-order valence-corrected chi connectivity index (χ3v) is 3.72. The second-order valence-electron chi connectivity index (χ2n) is 5.03. The van der Waals surface area contributed by atoms with Crippen molar-refractivity contribution in [2.75, 3.05) is 49.8 Å². The van der Waals surface area contributed by atoms with Crippen LogP contribution in [0.2, 0.25) is 0 Å². The highest BCUT2D eigenvalue weighted by molar-refractivity contribution is 5.86. The Bertz CT molecular complexity index is 671. The van der Waals surface area contributed by atoms with Gasteiger partial charge in [0.1, 0.15) is 5.82 Å². The Balaban J connectivity index is 1.95. The number of rotatable bonds is 3. The lowest BCUT2D eigenvalue weighted by atomic mass is 10.1. The molecular formula is C15H19N5O2. The van der Waals surface area contributed by atoms with E-state index in [2.05, 4.69) is 14.9 Å². The van der Waals surface area contributed by atoms with Crippen molar-refractivity contribution in [3.8, 4) is 16.9 Å². The van der Waals surface area contributed by atoms with Gasteiger partial charge in [-0.2, -0.15) is 0 Å². The van der Waals surface area contributed by atoms with Crippen LogP contribution < -0.4 is 21.1 Å². The minimum atomic E-state index is 0.505. The Kier molecular flexibility index (Phi) is 3.97. The van der Waals surface area contributed by atoms with Gasteiger partial charge in [0.05, 0.1) is 32.2 Å². The second-order valence-corrected chi connectivity index (χ2v) is 5.03. The van der Waals surface area contributed by atoms with Gasteiger partial charge in [0, 0.05) is 48.4 Å². The van der Waals surface area contributed by atoms with E-state index in [0.717, 1.165) is 30.0 Å². The molecule has 0 saturated carbocycles. The molecule has 2 aromatic heterocycles. The van der Waals surface area contributed by atoms with Crippen molar-refractivity contribution in [2.45, 2.75) is 0 Å². The molecule has 3 heterocycles. The first kappa shape index (κ1) is 14.4. The van der Waals surface area contributed by atoms with Crippen molar-refractivity contribution < 1.29 is 9.47 Å². The van der Waals surface area contributed by atoms with Crippen molar-refractivity contribution in [1.82, 2.24) is 9.97 Å². The molecule has 7 heteroatoms. The molecule has 1 fully saturated rings. The molecular weight excluding hydrogens is 282 g/mol. The molecule has 0 spiro atoms. The number of aromatic nitrogens is 2. The highest BCUT2D eigenvalue weighted by Gasteiger charge is 2.16. The van der Waals surface area contributed by atoms with E-state index in [1.807, 2.05) is 6.07 Å². The average Bonchev–Trinajstić information content (AvgIpc) is 2.56. The molecule has 0 amide bonds. The van der Waals surface area contributed by atoms with Gasteiger partial charge in [-0.15, -0.1) is 0 Å². The van der Waals surface area contributed by atoms with Crippen LogP contribution in [0.4, 0.5) is 17.2 Å². The van der Waals surface area contributed by atoms with Crippen LogP contribution in [0.25, 0.3) is 11.1 Å². The zero-order chi connectivity index (χ0) is 15.5. The van der Waals surface area contributed by atoms with Gasteiger partial charge in [-0.05, 0) is 0 Å². The van der Waals surface area contributed by atoms with Crippen molar-refractivity contribution >= 4 is 17.2 Å². The lowest BCUT2D eigenvalue weighted by Gasteiger charge is -2.28. The molecule has 2 aromatic rings. The average molecular weight is 301 g/mol. The van der Waals surface area contributed by atoms with Crippen LogP contribution in [0, 0.1) is 0 Å². The summed E-state index contributed by atoms with van der Waals surface area (Å²) in [5.41, 5.74) is 14.9. The lowest BCUT2D eigenvalue weighted by molar-refractivity contribution is 0.122. The van der Waals surface area contributed by atoms with Crippen molar-refractivity contribution in [3.63, 3.8) is 0 Å². The number of nitrogens with two attached hydrogens (primary N) is 2. The van der Waals surface area contributed by atoms with E-state index < -0.39 is 0 Å². The molecule has 116 valence electrons. The third kappa shape index (κ3) is 2.62. The second kappa shape index (κ2) is 6.07. The molecule has 0 unspecified atom stereocenters. The molecule has 0 radical (unpaired) electrons. The van der Waals surface area contributed by atoms with Crippen LogP contribution >= 0.6 is 0 Å². The zero-order valence-electron chi connectivity index (χ0n) is 12.5. The molecule has 4 N–H and O–H groups in total. The third-order valence-electron chi connectivity index (χ3n) is 3.72. The standard InChI is InChI=1S/C15H19N5O2/c1-21-13-9-18-7-11(15(13)17)10-8-19-14(6-12(10)16)20-2-4-22-5-3-20/h6-9H,2-5H2,1H3,(H2,16,19)(H2,17,18). The normalized spacial score (nSPS) is 14.9. The summed E-state index contributed by atoms with van der Waals surface area (Å²) in [4.78, 5) is 10.8. The largest absolute Gasteiger partial charge is 0.493 e. The first-order chi connectivity index (χ1) is 10.7. The molecule has 0 atom stereocenters. The highest BCUT2D eigenvalue weighted by atomic mass is 16.5. The first-order valence-corrected chi connectivity index (χ1v) is 7.06. The Morgan fingerprint density at radius 1 is 1.14 bits per heavy atom. The fourth-order valence-corrected chi connectivity index (χ4v) is 2.48. The van der Waals surface area contributed by atoms with Gasteiger partial charge in [-0.3, -0.25) is 4.98 Å². The van der Waals surface area contributed by atoms with E-state index in [9.17, 15) is 0 Å². The highest BCUT2D eigenvalue weighted by Crippen LogP contribution is 2.35. The number of nitrogens with zero attached hydrogens (tertiary/aromatic N) is 3. The lowest BCUT2D eigenvalue weighted by Crippen LogP contribution is -2.36. The number of nitrogen functional groups attached to an aromatic ring is 2. The van der Waals surface area contributed by atoms with Crippen molar-refractivity contribution in [2.24, 2.45) is 0 Å². The summed E-state index contributed by atoms with van der Waals surface area (Å²) in [7, 11) is 1.56. The molecule has 1 aliphatic rings. The summed E-state index contributed by atoms with van der Waals surface area (Å²) in [6.07, 6.45) is 4.97. The Labute approximate surface area is 128 Å². The van der Waals surface area contributed by atoms with Gasteiger partial charge in [0.2, 0.25) is 0 Å². The van der Waals surface area contributed by atoms with Crippen LogP contribution in [-0.2, 0) is 4.74 Å². The van der Waals surface area contributed by atoms with Gasteiger partial charge < -0.3 is 25.8 Å². The zero-order valence-corrected chi connectivity index (χ0v) is 12.5. The summed E-state index contributed by atoms with van der Waals surface area (Å²) in [6, 6.07) is 1.86. The van der Waals surface area contributed by atoms with E-state index in [0.29, 0.717) is 30.3 Å². The molecule has 1 aliphatic heterocycles. The van der Waals surface area contributed by atoms with Gasteiger partial charge in [-0.1, -0.05) is 0 Å². The summed E-state index contributed by atoms with van der Waals surface area (Å²) >= 11 is 0. The predicted molar refractivity (Wildman–Crippen MR) is 85.9 cm³/mol. The van der Waals surface area contributed by atoms with E-state index in [1.54, 1.807) is 25.7 Å². The van der Waals surface area contributed by atoms with E-state index in [-0.39, 0.29) is 0 Å². The predicted octanol–water partition coefficient (Wildman–Crippen LogP) is 1.15. The quantitative estimate of drug-likeness (QED) is 0.877. The Hall–Kier alpha value is -2.54. The molecule has 0 bridgehead atoms. The monoisotopic (exact) mass is 301 g/mol. The summed E-state index contributed by atoms with van der Waals surface area (Å²) in [5, 5.41) is 0. The molecule has 1 saturated heterocycles. The molecule has 7 nitrogen and oxygen atoms in total. The number of anilines is 3. The number of morpholine rings is 1. The molecule has 3 rings (SSSR count). The molecule has 22 heavy (non-hydrogen) atoms. The van der Waals surface area contributed by atoms with Crippen LogP contribution in [-0.4, -0.2) is 43.4 Å². The Morgan fingerprint density at radius 2 is 1.91 bits per heavy atom. The minimum absolute atomic E-state index is 0.505. The first-order valence-electron chi connectivity index (χ1n) is 7.06. The molecule has 0 aliphatic carbocycles. The van der Waals surface area contributed by atoms with Crippen LogP contribution in [0.1, 0.15) is 0 Å². The minimum Gasteiger partial charge on any atom is -0.493 e. The van der Waals surface area contributed by atoms with Crippen LogP contribution in [0.3, 0.4) is 0 Å². The van der Waals surface area contributed by atoms with E-state index >= 15 is 0 Å². The summed E-state index contributed by atoms with van der Waals surface area (Å²) in [6.45, 7) is 3.04. The van der Waals surface area contributed by atoms with Gasteiger partial charge in [-0.25, -0.2) is 4.98 Å². The maximum absolute atomic E-state index is 6.20. The fraction of sp³-hybridized carbons (Fsp3) is 0.333. The fourth-order valence-electron chi connectivity index (χ4n) is 2.48. The van der Waals surface area contributed by atoms with E-state index in [4.69, 9.17) is 20.9 Å². The number of pyridine rings is 2. The van der Waals surface area contributed by atoms with Crippen LogP contribution in [0.5, 0.6) is 5.75 Å². The maximum atomic E-state index is 6.20. The number of methoxy groups -OCH3 is 1. The summed E-state index contributed by atoms with van der Waals surface area (Å²) in [5.74, 6) is 1.37. The van der Waals surface area contributed by atoms with Crippen molar-refractivity contribution in [3.05, 3.63) is 24.7 Å². The maximum Gasteiger partial charge on any atom is 0.160 e. The SMILES string of the molecule is COc1cncc(-c2cnc(N3CCOCC3)cc2N)c1N. The van der Waals surface area contributed by atoms with Crippen LogP contribution in [0.15, 0.2) is 24.7 Å². The molecule has 0 aromatic carbocycles. The van der Waals surface area contributed by atoms with Gasteiger partial charge >= 0.3 is 0 Å². The number of hydrogen-bond donors (Lipinski definition) is 2. The van der Waals surface area contributed by atoms with Crippen molar-refractivity contribution in [1.29, 1.82) is 0 Å². The smallest absolute Gasteiger partial charge is 0.160 e. The van der Waals surface area contributed by atoms with Gasteiger partial charge in [0.15, 0.2) is 5.75 Å². The van der Waals surface area contributed by atoms with E-state index in [1.165, 1.54) is 0 Å². The number of hydrogen-bond acceptors (Lipinski definition) is 7. The van der Waals surface area contributed by atoms with Gasteiger partial charge in [0.25, 0.3) is 0 Å². The topological polar surface area (TPSA) is 99.5 Å². The Morgan fingerprint density at radius 3 is 2.59 bits per heavy atom. The number of ether oxygens (including phenoxy) is 2. The summed E-state index contributed by atoms with van der Waals surface area (Å²) < 4.78 is 10.5.